The molecule has 0 N–H and O–H groups in total. The van der Waals surface area contributed by atoms with Gasteiger partial charge in [0.2, 0.25) is 0 Å². The van der Waals surface area contributed by atoms with E-state index in [9.17, 15) is 4.79 Å². The molecule has 1 aromatic heterocycles. The van der Waals surface area contributed by atoms with E-state index >= 15 is 0 Å². The number of rotatable bonds is 3. The molecule has 0 spiro atoms. The molecule has 0 amide bonds. The molecule has 90 valence electrons. The Kier molecular flexibility index (Phi) is 3.25. The van der Waals surface area contributed by atoms with Crippen LogP contribution in [0.2, 0.25) is 5.15 Å². The summed E-state index contributed by atoms with van der Waals surface area (Å²) in [4.78, 5) is 11.7. The molecule has 3 heteroatoms. The summed E-state index contributed by atoms with van der Waals surface area (Å²) in [6.07, 6.45) is 0.961. The van der Waals surface area contributed by atoms with E-state index in [0.717, 1.165) is 23.9 Å². The Morgan fingerprint density at radius 3 is 2.59 bits per heavy atom. The molecular formula is C14H16ClNO. The zero-order valence-electron chi connectivity index (χ0n) is 10.4. The smallest absolute Gasteiger partial charge is 0.163 e. The van der Waals surface area contributed by atoms with Crippen LogP contribution in [-0.4, -0.2) is 10.4 Å². The minimum atomic E-state index is 0.0282. The van der Waals surface area contributed by atoms with Crippen LogP contribution in [0.3, 0.4) is 0 Å². The number of carbonyl (C=O) groups excluding carboxylic acids is 1. The number of ketones is 1. The van der Waals surface area contributed by atoms with Crippen molar-refractivity contribution in [3.63, 3.8) is 0 Å². The zero-order valence-corrected chi connectivity index (χ0v) is 11.1. The van der Waals surface area contributed by atoms with E-state index in [1.807, 2.05) is 11.5 Å². The number of carbonyl (C=O) groups is 1. The Balaban J connectivity index is 2.86. The molecule has 0 fully saturated rings. The van der Waals surface area contributed by atoms with Crippen molar-refractivity contribution in [1.82, 2.24) is 4.57 Å². The highest BCUT2D eigenvalue weighted by Crippen LogP contribution is 2.31. The summed E-state index contributed by atoms with van der Waals surface area (Å²) in [6.45, 7) is 6.48. The molecule has 0 radical (unpaired) electrons. The van der Waals surface area contributed by atoms with Crippen LogP contribution in [0, 0.1) is 0 Å². The van der Waals surface area contributed by atoms with Crippen molar-refractivity contribution in [3.05, 3.63) is 34.5 Å². The van der Waals surface area contributed by atoms with Crippen LogP contribution in [0.1, 0.15) is 36.7 Å². The van der Waals surface area contributed by atoms with Gasteiger partial charge in [-0.1, -0.05) is 24.6 Å². The first-order chi connectivity index (χ1) is 8.10. The fraction of sp³-hybridized carbons (Fsp3) is 0.357. The minimum absolute atomic E-state index is 0.0282. The van der Waals surface area contributed by atoms with Gasteiger partial charge in [-0.2, -0.15) is 0 Å². The summed E-state index contributed by atoms with van der Waals surface area (Å²) in [7, 11) is 0. The van der Waals surface area contributed by atoms with Gasteiger partial charge < -0.3 is 4.57 Å². The standard InChI is InChI=1S/C14H16ClNO/c1-4-10-6-7-12-11(8-10)13(9(3)17)14(15)16(12)5-2/h6-8H,4-5H2,1-3H3. The lowest BCUT2D eigenvalue weighted by Gasteiger charge is -2.02. The highest BCUT2D eigenvalue weighted by atomic mass is 35.5. The van der Waals surface area contributed by atoms with Gasteiger partial charge in [-0.3, -0.25) is 4.79 Å². The summed E-state index contributed by atoms with van der Waals surface area (Å²) in [5, 5.41) is 1.53. The van der Waals surface area contributed by atoms with Crippen LogP contribution in [0.5, 0.6) is 0 Å². The summed E-state index contributed by atoms with van der Waals surface area (Å²) >= 11 is 6.28. The SMILES string of the molecule is CCc1ccc2c(c1)c(C(C)=O)c(Cl)n2CC. The van der Waals surface area contributed by atoms with Crippen LogP contribution in [0.25, 0.3) is 10.9 Å². The first kappa shape index (κ1) is 12.2. The van der Waals surface area contributed by atoms with E-state index in [1.165, 1.54) is 5.56 Å². The number of benzene rings is 1. The van der Waals surface area contributed by atoms with Gasteiger partial charge in [0.05, 0.1) is 5.56 Å². The van der Waals surface area contributed by atoms with Crippen molar-refractivity contribution in [1.29, 1.82) is 0 Å². The number of aryl methyl sites for hydroxylation is 2. The number of hydrogen-bond donors (Lipinski definition) is 0. The van der Waals surface area contributed by atoms with Crippen LogP contribution < -0.4 is 0 Å². The Labute approximate surface area is 106 Å². The topological polar surface area (TPSA) is 22.0 Å². The second kappa shape index (κ2) is 4.53. The predicted octanol–water partition coefficient (Wildman–Crippen LogP) is 4.08. The van der Waals surface area contributed by atoms with E-state index < -0.39 is 0 Å². The fourth-order valence-electron chi connectivity index (χ4n) is 2.23. The van der Waals surface area contributed by atoms with Crippen molar-refractivity contribution >= 4 is 28.3 Å². The largest absolute Gasteiger partial charge is 0.331 e. The Hall–Kier alpha value is -1.28. The third-order valence-corrected chi connectivity index (χ3v) is 3.53. The summed E-state index contributed by atoms with van der Waals surface area (Å²) in [6, 6.07) is 6.22. The van der Waals surface area contributed by atoms with Crippen molar-refractivity contribution in [2.24, 2.45) is 0 Å². The molecule has 0 saturated carbocycles. The molecule has 17 heavy (non-hydrogen) atoms. The van der Waals surface area contributed by atoms with Crippen molar-refractivity contribution < 1.29 is 4.79 Å². The van der Waals surface area contributed by atoms with Crippen LogP contribution in [0.4, 0.5) is 0 Å². The lowest BCUT2D eigenvalue weighted by molar-refractivity contribution is 0.101. The van der Waals surface area contributed by atoms with Crippen LogP contribution >= 0.6 is 11.6 Å². The van der Waals surface area contributed by atoms with Crippen molar-refractivity contribution in [3.8, 4) is 0 Å². The van der Waals surface area contributed by atoms with Crippen LogP contribution in [-0.2, 0) is 13.0 Å². The first-order valence-corrected chi connectivity index (χ1v) is 6.29. The van der Waals surface area contributed by atoms with E-state index in [2.05, 4.69) is 25.1 Å². The summed E-state index contributed by atoms with van der Waals surface area (Å²) in [5.41, 5.74) is 2.92. The highest BCUT2D eigenvalue weighted by Gasteiger charge is 2.17. The quantitative estimate of drug-likeness (QED) is 0.752. The number of nitrogens with zero attached hydrogens (tertiary/aromatic N) is 1. The Bertz CT molecular complexity index is 583. The Morgan fingerprint density at radius 1 is 1.35 bits per heavy atom. The minimum Gasteiger partial charge on any atom is -0.331 e. The van der Waals surface area contributed by atoms with E-state index in [-0.39, 0.29) is 5.78 Å². The van der Waals surface area contributed by atoms with Crippen LogP contribution in [0.15, 0.2) is 18.2 Å². The second-order valence-electron chi connectivity index (χ2n) is 4.17. The first-order valence-electron chi connectivity index (χ1n) is 5.91. The Morgan fingerprint density at radius 2 is 2.06 bits per heavy atom. The maximum Gasteiger partial charge on any atom is 0.163 e. The highest BCUT2D eigenvalue weighted by molar-refractivity contribution is 6.35. The number of hydrogen-bond acceptors (Lipinski definition) is 1. The molecule has 2 rings (SSSR count). The summed E-state index contributed by atoms with van der Waals surface area (Å²) in [5.74, 6) is 0.0282. The molecule has 2 aromatic rings. The second-order valence-corrected chi connectivity index (χ2v) is 4.53. The van der Waals surface area contributed by atoms with Gasteiger partial charge in [0.1, 0.15) is 5.15 Å². The van der Waals surface area contributed by atoms with E-state index in [4.69, 9.17) is 11.6 Å². The average molecular weight is 250 g/mol. The number of Topliss-reactive ketones (excluding diaryl/α,β-unsaturated/α-hetero) is 1. The molecule has 1 aromatic carbocycles. The lowest BCUT2D eigenvalue weighted by atomic mass is 10.1. The molecule has 0 unspecified atom stereocenters. The van der Waals surface area contributed by atoms with E-state index in [0.29, 0.717) is 10.7 Å². The molecule has 0 aliphatic heterocycles. The maximum absolute atomic E-state index is 11.7. The number of halogens is 1. The molecule has 0 bridgehead atoms. The molecular weight excluding hydrogens is 234 g/mol. The molecule has 0 atom stereocenters. The van der Waals surface area contributed by atoms with Gasteiger partial charge in [-0.15, -0.1) is 0 Å². The third-order valence-electron chi connectivity index (χ3n) is 3.14. The van der Waals surface area contributed by atoms with Gasteiger partial charge in [0, 0.05) is 17.4 Å². The molecule has 0 aliphatic carbocycles. The lowest BCUT2D eigenvalue weighted by Crippen LogP contribution is -1.95. The van der Waals surface area contributed by atoms with Gasteiger partial charge in [-0.05, 0) is 38.0 Å². The normalized spacial score (nSPS) is 11.1. The number of fused-ring (bicyclic) bond motifs is 1. The fourth-order valence-corrected chi connectivity index (χ4v) is 2.68. The third kappa shape index (κ3) is 1.87. The van der Waals surface area contributed by atoms with Crippen molar-refractivity contribution in [2.45, 2.75) is 33.7 Å². The summed E-state index contributed by atoms with van der Waals surface area (Å²) < 4.78 is 1.98. The number of aromatic nitrogens is 1. The van der Waals surface area contributed by atoms with Gasteiger partial charge >= 0.3 is 0 Å². The maximum atomic E-state index is 11.7. The molecule has 0 saturated heterocycles. The van der Waals surface area contributed by atoms with Crippen molar-refractivity contribution in [2.75, 3.05) is 0 Å². The monoisotopic (exact) mass is 249 g/mol. The van der Waals surface area contributed by atoms with Gasteiger partial charge in [0.15, 0.2) is 5.78 Å². The van der Waals surface area contributed by atoms with E-state index in [1.54, 1.807) is 6.92 Å². The molecule has 0 aliphatic rings. The van der Waals surface area contributed by atoms with Gasteiger partial charge in [-0.25, -0.2) is 0 Å². The molecule has 2 nitrogen and oxygen atoms in total. The van der Waals surface area contributed by atoms with Gasteiger partial charge in [0.25, 0.3) is 0 Å². The molecule has 1 heterocycles. The predicted molar refractivity (Wildman–Crippen MR) is 72.0 cm³/mol. The average Bonchev–Trinajstić information content (AvgIpc) is 2.59. The zero-order chi connectivity index (χ0) is 12.6.